The summed E-state index contributed by atoms with van der Waals surface area (Å²) in [5.41, 5.74) is 9.79. The molecule has 0 unspecified atom stereocenters. The molecule has 0 atom stereocenters. The van der Waals surface area contributed by atoms with Gasteiger partial charge in [0.1, 0.15) is 16.2 Å². The summed E-state index contributed by atoms with van der Waals surface area (Å²) in [5, 5.41) is 13.4. The minimum absolute atomic E-state index is 0.889. The van der Waals surface area contributed by atoms with Crippen LogP contribution in [-0.4, -0.2) is 9.55 Å². The van der Waals surface area contributed by atoms with Crippen molar-refractivity contribution in [2.24, 2.45) is 0 Å². The molecular weight excluding hydrogens is 665 g/mol. The zero-order chi connectivity index (χ0) is 34.6. The van der Waals surface area contributed by atoms with Crippen LogP contribution in [0.2, 0.25) is 0 Å². The minimum Gasteiger partial charge on any atom is -0.456 e. The van der Waals surface area contributed by atoms with Crippen LogP contribution in [0.5, 0.6) is 0 Å². The first-order valence-corrected chi connectivity index (χ1v) is 18.8. The summed E-state index contributed by atoms with van der Waals surface area (Å²) in [6.07, 6.45) is 0. The Labute approximate surface area is 307 Å². The fraction of sp³-hybridized carbons (Fsp3) is 0. The monoisotopic (exact) mass is 692 g/mol. The van der Waals surface area contributed by atoms with Gasteiger partial charge in [-0.3, -0.25) is 0 Å². The summed E-state index contributed by atoms with van der Waals surface area (Å²) in [6.45, 7) is 0. The highest BCUT2D eigenvalue weighted by atomic mass is 32.1. The zero-order valence-corrected chi connectivity index (χ0v) is 29.2. The fourth-order valence-electron chi connectivity index (χ4n) is 8.50. The van der Waals surface area contributed by atoms with Crippen molar-refractivity contribution in [2.75, 3.05) is 0 Å². The van der Waals surface area contributed by atoms with Gasteiger partial charge in [0.2, 0.25) is 0 Å². The van der Waals surface area contributed by atoms with Crippen LogP contribution in [-0.2, 0) is 0 Å². The Balaban J connectivity index is 0.997. The van der Waals surface area contributed by atoms with Crippen LogP contribution in [0.25, 0.3) is 114 Å². The maximum Gasteiger partial charge on any atom is 0.137 e. The molecule has 3 heterocycles. The van der Waals surface area contributed by atoms with E-state index in [2.05, 4.69) is 174 Å². The third-order valence-corrected chi connectivity index (χ3v) is 12.1. The van der Waals surface area contributed by atoms with E-state index in [1.54, 1.807) is 11.3 Å². The van der Waals surface area contributed by atoms with Crippen LogP contribution in [0.3, 0.4) is 0 Å². The predicted molar refractivity (Wildman–Crippen MR) is 225 cm³/mol. The van der Waals surface area contributed by atoms with Gasteiger partial charge in [-0.1, -0.05) is 103 Å². The number of furan rings is 1. The van der Waals surface area contributed by atoms with Gasteiger partial charge in [-0.15, -0.1) is 11.3 Å². The van der Waals surface area contributed by atoms with E-state index in [-0.39, 0.29) is 0 Å². The van der Waals surface area contributed by atoms with Crippen molar-refractivity contribution in [3.63, 3.8) is 0 Å². The first-order chi connectivity index (χ1) is 26.2. The number of rotatable bonds is 3. The molecule has 3 aromatic heterocycles. The molecule has 53 heavy (non-hydrogen) atoms. The molecule has 0 N–H and O–H groups in total. The van der Waals surface area contributed by atoms with Crippen molar-refractivity contribution in [2.45, 2.75) is 0 Å². The largest absolute Gasteiger partial charge is 0.456 e. The van der Waals surface area contributed by atoms with Gasteiger partial charge < -0.3 is 8.98 Å². The summed E-state index contributed by atoms with van der Waals surface area (Å²) < 4.78 is 9.96. The average molecular weight is 693 g/mol. The topological polar surface area (TPSA) is 31.0 Å². The average Bonchev–Trinajstić information content (AvgIpc) is 3.92. The lowest BCUT2D eigenvalue weighted by Crippen LogP contribution is -1.93. The summed E-state index contributed by atoms with van der Waals surface area (Å²) in [5.74, 6) is 0. The standard InChI is InChI=1S/C49H28N2OS/c1-2-10-33-27-34(14-13-29(33)7-1)35-19-25-43-39(28-35)47-44(52-43)26-22-40-48(47)53-49(50-40)32-15-20-36(21-16-32)51-41-23-17-30-8-3-5-11-37(30)45(41)46-38-12-6-4-9-31(38)18-24-42(46)51/h1-28H. The zero-order valence-electron chi connectivity index (χ0n) is 28.4. The number of thiazole rings is 1. The van der Waals surface area contributed by atoms with E-state index in [1.165, 1.54) is 65.3 Å². The molecule has 246 valence electrons. The lowest BCUT2D eigenvalue weighted by Gasteiger charge is -2.09. The highest BCUT2D eigenvalue weighted by Crippen LogP contribution is 2.43. The van der Waals surface area contributed by atoms with E-state index in [9.17, 15) is 0 Å². The van der Waals surface area contributed by atoms with Crippen LogP contribution in [0, 0.1) is 0 Å². The van der Waals surface area contributed by atoms with E-state index in [0.29, 0.717) is 0 Å². The molecule has 0 spiro atoms. The van der Waals surface area contributed by atoms with E-state index in [4.69, 9.17) is 9.40 Å². The molecule has 0 saturated heterocycles. The molecule has 12 aromatic rings. The van der Waals surface area contributed by atoms with Crippen LogP contribution in [0.15, 0.2) is 174 Å². The number of hydrogen-bond donors (Lipinski definition) is 0. The predicted octanol–water partition coefficient (Wildman–Crippen LogP) is 14.1. The molecule has 9 aromatic carbocycles. The SMILES string of the molecule is c1ccc2cc(-c3ccc4oc5ccc6nc(-c7ccc(-n8c9ccc%10ccccc%10c9c9c%10ccccc%10ccc98)cc7)sc6c5c4c3)ccc2c1. The van der Waals surface area contributed by atoms with Gasteiger partial charge in [0.15, 0.2) is 0 Å². The smallest absolute Gasteiger partial charge is 0.137 e. The normalized spacial score (nSPS) is 12.2. The van der Waals surface area contributed by atoms with Crippen molar-refractivity contribution >= 4 is 97.6 Å². The van der Waals surface area contributed by atoms with Crippen LogP contribution in [0.1, 0.15) is 0 Å². The quantitative estimate of drug-likeness (QED) is 0.185. The summed E-state index contributed by atoms with van der Waals surface area (Å²) in [7, 11) is 0. The Hall–Kier alpha value is -6.75. The third-order valence-electron chi connectivity index (χ3n) is 11.0. The number of aromatic nitrogens is 2. The van der Waals surface area contributed by atoms with E-state index in [0.717, 1.165) is 48.4 Å². The second-order valence-electron chi connectivity index (χ2n) is 13.9. The molecule has 0 saturated carbocycles. The summed E-state index contributed by atoms with van der Waals surface area (Å²) >= 11 is 1.74. The number of benzene rings is 9. The molecule has 0 radical (unpaired) electrons. The molecule has 0 fully saturated rings. The van der Waals surface area contributed by atoms with Crippen LogP contribution in [0.4, 0.5) is 0 Å². The highest BCUT2D eigenvalue weighted by Gasteiger charge is 2.19. The van der Waals surface area contributed by atoms with Gasteiger partial charge in [0.25, 0.3) is 0 Å². The Morgan fingerprint density at radius 3 is 1.75 bits per heavy atom. The van der Waals surface area contributed by atoms with Crippen molar-refractivity contribution in [1.29, 1.82) is 0 Å². The first kappa shape index (κ1) is 28.9. The first-order valence-electron chi connectivity index (χ1n) is 17.9. The lowest BCUT2D eigenvalue weighted by atomic mass is 9.99. The highest BCUT2D eigenvalue weighted by molar-refractivity contribution is 7.22. The molecule has 12 rings (SSSR count). The molecule has 0 aliphatic carbocycles. The molecule has 0 aliphatic rings. The Morgan fingerprint density at radius 2 is 1.02 bits per heavy atom. The van der Waals surface area contributed by atoms with E-state index >= 15 is 0 Å². The summed E-state index contributed by atoms with van der Waals surface area (Å²) in [6, 6.07) is 61.3. The molecule has 0 aliphatic heterocycles. The van der Waals surface area contributed by atoms with Gasteiger partial charge in [-0.25, -0.2) is 4.98 Å². The number of nitrogens with zero attached hydrogens (tertiary/aromatic N) is 2. The van der Waals surface area contributed by atoms with Crippen LogP contribution >= 0.6 is 11.3 Å². The maximum atomic E-state index is 6.39. The van der Waals surface area contributed by atoms with Crippen molar-refractivity contribution in [3.05, 3.63) is 170 Å². The van der Waals surface area contributed by atoms with Gasteiger partial charge in [0.05, 0.1) is 21.3 Å². The van der Waals surface area contributed by atoms with Gasteiger partial charge >= 0.3 is 0 Å². The Bertz CT molecular complexity index is 3360. The second-order valence-corrected chi connectivity index (χ2v) is 14.9. The van der Waals surface area contributed by atoms with Gasteiger partial charge in [0, 0.05) is 32.8 Å². The molecule has 0 bridgehead atoms. The molecular formula is C49H28N2OS. The van der Waals surface area contributed by atoms with Gasteiger partial charge in [-0.2, -0.15) is 0 Å². The molecule has 0 amide bonds. The minimum atomic E-state index is 0.889. The maximum absolute atomic E-state index is 6.39. The fourth-order valence-corrected chi connectivity index (χ4v) is 9.62. The van der Waals surface area contributed by atoms with E-state index < -0.39 is 0 Å². The van der Waals surface area contributed by atoms with Crippen LogP contribution < -0.4 is 0 Å². The van der Waals surface area contributed by atoms with Crippen molar-refractivity contribution in [1.82, 2.24) is 9.55 Å². The Kier molecular flexibility index (Phi) is 5.93. The number of fused-ring (bicyclic) bond motifs is 13. The molecule has 3 nitrogen and oxygen atoms in total. The lowest BCUT2D eigenvalue weighted by molar-refractivity contribution is 0.669. The van der Waals surface area contributed by atoms with E-state index in [1.807, 2.05) is 0 Å². The van der Waals surface area contributed by atoms with Crippen molar-refractivity contribution < 1.29 is 4.42 Å². The van der Waals surface area contributed by atoms with Crippen molar-refractivity contribution in [3.8, 4) is 27.4 Å². The number of hydrogen-bond acceptors (Lipinski definition) is 3. The van der Waals surface area contributed by atoms with Gasteiger partial charge in [-0.05, 0) is 110 Å². The summed E-state index contributed by atoms with van der Waals surface area (Å²) in [4.78, 5) is 5.16. The third kappa shape index (κ3) is 4.24. The second kappa shape index (κ2) is 10.9. The Morgan fingerprint density at radius 1 is 0.434 bits per heavy atom. The molecule has 4 heteroatoms.